The Labute approximate surface area is 84.3 Å². The fraction of sp³-hybridized carbons (Fsp3) is 0.600. The minimum Gasteiger partial charge on any atom is -0.154 e. The molecule has 0 radical (unpaired) electrons. The zero-order chi connectivity index (χ0) is 9.84. The van der Waals surface area contributed by atoms with Gasteiger partial charge in [-0.05, 0) is 37.3 Å². The first-order chi connectivity index (χ1) is 6.19. The van der Waals surface area contributed by atoms with E-state index in [4.69, 9.17) is 11.6 Å². The van der Waals surface area contributed by atoms with Crippen LogP contribution in [0, 0.1) is 6.92 Å². The lowest BCUT2D eigenvalue weighted by molar-refractivity contribution is 0.635. The largest absolute Gasteiger partial charge is 0.155 e. The molecule has 0 aliphatic carbocycles. The van der Waals surface area contributed by atoms with Gasteiger partial charge in [-0.2, -0.15) is 5.10 Å². The van der Waals surface area contributed by atoms with Gasteiger partial charge in [0.2, 0.25) is 0 Å². The van der Waals surface area contributed by atoms with Gasteiger partial charge in [-0.1, -0.05) is 25.4 Å². The highest BCUT2D eigenvalue weighted by Gasteiger charge is 2.12. The van der Waals surface area contributed by atoms with Crippen LogP contribution in [0.2, 0.25) is 5.15 Å². The lowest BCUT2D eigenvalue weighted by Crippen LogP contribution is -2.00. The molecule has 0 fully saturated rings. The maximum Gasteiger partial charge on any atom is 0.155 e. The Kier molecular flexibility index (Phi) is 3.67. The van der Waals surface area contributed by atoms with Gasteiger partial charge in [0.25, 0.3) is 0 Å². The quantitative estimate of drug-likeness (QED) is 0.745. The maximum absolute atomic E-state index is 5.97. The van der Waals surface area contributed by atoms with E-state index in [1.165, 1.54) is 0 Å². The molecule has 0 aliphatic heterocycles. The maximum atomic E-state index is 5.97. The number of rotatable bonds is 3. The Morgan fingerprint density at radius 3 is 2.46 bits per heavy atom. The number of aryl methyl sites for hydroxylation is 1. The second kappa shape index (κ2) is 4.56. The summed E-state index contributed by atoms with van der Waals surface area (Å²) in [5.74, 6) is 0.515. The molecule has 2 nitrogen and oxygen atoms in total. The summed E-state index contributed by atoms with van der Waals surface area (Å²) in [5.41, 5.74) is 2.07. The molecule has 0 saturated heterocycles. The van der Waals surface area contributed by atoms with E-state index in [9.17, 15) is 0 Å². The lowest BCUT2D eigenvalue weighted by atomic mass is 9.95. The van der Waals surface area contributed by atoms with Crippen LogP contribution < -0.4 is 0 Å². The van der Waals surface area contributed by atoms with E-state index in [2.05, 4.69) is 24.0 Å². The molecular weight excluding hydrogens is 184 g/mol. The number of nitrogens with zero attached hydrogens (tertiary/aromatic N) is 2. The van der Waals surface area contributed by atoms with Crippen molar-refractivity contribution in [2.75, 3.05) is 0 Å². The Morgan fingerprint density at radius 1 is 1.31 bits per heavy atom. The molecule has 0 N–H and O–H groups in total. The van der Waals surface area contributed by atoms with Crippen molar-refractivity contribution < 1.29 is 0 Å². The number of hydrogen-bond acceptors (Lipinski definition) is 2. The third-order valence-electron chi connectivity index (χ3n) is 2.32. The summed E-state index contributed by atoms with van der Waals surface area (Å²) in [6.07, 6.45) is 2.20. The average Bonchev–Trinajstić information content (AvgIpc) is 2.13. The van der Waals surface area contributed by atoms with Crippen LogP contribution >= 0.6 is 11.6 Å². The van der Waals surface area contributed by atoms with E-state index in [0.717, 1.165) is 24.1 Å². The van der Waals surface area contributed by atoms with Crippen LogP contribution in [0.25, 0.3) is 0 Å². The zero-order valence-corrected chi connectivity index (χ0v) is 9.10. The molecule has 13 heavy (non-hydrogen) atoms. The van der Waals surface area contributed by atoms with Gasteiger partial charge in [-0.3, -0.25) is 0 Å². The summed E-state index contributed by atoms with van der Waals surface area (Å²) in [6.45, 7) is 6.27. The standard InChI is InChI=1S/C10H15ClN2/c1-4-8(5-2)9-6-7(3)12-13-10(9)11/h6,8H,4-5H2,1-3H3. The first-order valence-electron chi connectivity index (χ1n) is 4.68. The van der Waals surface area contributed by atoms with Crippen molar-refractivity contribution in [2.24, 2.45) is 0 Å². The summed E-state index contributed by atoms with van der Waals surface area (Å²) >= 11 is 5.97. The highest BCUT2D eigenvalue weighted by atomic mass is 35.5. The van der Waals surface area contributed by atoms with E-state index in [1.54, 1.807) is 0 Å². The fourth-order valence-electron chi connectivity index (χ4n) is 1.51. The third-order valence-corrected chi connectivity index (χ3v) is 2.62. The van der Waals surface area contributed by atoms with Crippen LogP contribution in [0.4, 0.5) is 0 Å². The van der Waals surface area contributed by atoms with Crippen LogP contribution in [0.5, 0.6) is 0 Å². The summed E-state index contributed by atoms with van der Waals surface area (Å²) < 4.78 is 0. The van der Waals surface area contributed by atoms with Crippen molar-refractivity contribution >= 4 is 11.6 Å². The number of halogens is 1. The molecular formula is C10H15ClN2. The molecule has 0 amide bonds. The van der Waals surface area contributed by atoms with E-state index in [-0.39, 0.29) is 0 Å². The molecule has 0 bridgehead atoms. The predicted octanol–water partition coefficient (Wildman–Crippen LogP) is 3.34. The molecule has 0 unspecified atom stereocenters. The summed E-state index contributed by atoms with van der Waals surface area (Å²) in [4.78, 5) is 0. The van der Waals surface area contributed by atoms with Gasteiger partial charge in [0, 0.05) is 0 Å². The molecule has 1 heterocycles. The van der Waals surface area contributed by atoms with Crippen molar-refractivity contribution in [3.05, 3.63) is 22.5 Å². The van der Waals surface area contributed by atoms with Gasteiger partial charge in [0.15, 0.2) is 5.15 Å². The predicted molar refractivity (Wildman–Crippen MR) is 55.1 cm³/mol. The molecule has 72 valence electrons. The highest BCUT2D eigenvalue weighted by Crippen LogP contribution is 2.27. The van der Waals surface area contributed by atoms with Crippen LogP contribution in [-0.4, -0.2) is 10.2 Å². The molecule has 3 heteroatoms. The highest BCUT2D eigenvalue weighted by molar-refractivity contribution is 6.30. The minimum atomic E-state index is 0.515. The molecule has 0 atom stereocenters. The van der Waals surface area contributed by atoms with E-state index < -0.39 is 0 Å². The first-order valence-corrected chi connectivity index (χ1v) is 5.06. The topological polar surface area (TPSA) is 25.8 Å². The molecule has 0 spiro atoms. The summed E-state index contributed by atoms with van der Waals surface area (Å²) in [7, 11) is 0. The van der Waals surface area contributed by atoms with Crippen molar-refractivity contribution in [3.8, 4) is 0 Å². The minimum absolute atomic E-state index is 0.515. The molecule has 1 rings (SSSR count). The SMILES string of the molecule is CCC(CC)c1cc(C)nnc1Cl. The first kappa shape index (κ1) is 10.5. The van der Waals surface area contributed by atoms with E-state index in [0.29, 0.717) is 11.1 Å². The number of aromatic nitrogens is 2. The second-order valence-corrected chi connectivity index (χ2v) is 3.60. The Morgan fingerprint density at radius 2 is 1.92 bits per heavy atom. The summed E-state index contributed by atoms with van der Waals surface area (Å²) in [6, 6.07) is 2.03. The average molecular weight is 199 g/mol. The van der Waals surface area contributed by atoms with E-state index in [1.807, 2.05) is 13.0 Å². The Hall–Kier alpha value is -0.630. The fourth-order valence-corrected chi connectivity index (χ4v) is 1.76. The molecule has 0 saturated carbocycles. The zero-order valence-electron chi connectivity index (χ0n) is 8.34. The lowest BCUT2D eigenvalue weighted by Gasteiger charge is -2.13. The molecule has 1 aromatic heterocycles. The summed E-state index contributed by atoms with van der Waals surface area (Å²) in [5, 5.41) is 8.37. The Bertz CT molecular complexity index is 282. The second-order valence-electron chi connectivity index (χ2n) is 3.25. The van der Waals surface area contributed by atoms with Gasteiger partial charge in [-0.25, -0.2) is 0 Å². The molecule has 0 aliphatic rings. The van der Waals surface area contributed by atoms with Crippen molar-refractivity contribution in [1.82, 2.24) is 10.2 Å². The molecule has 0 aromatic carbocycles. The van der Waals surface area contributed by atoms with Crippen LogP contribution in [0.3, 0.4) is 0 Å². The van der Waals surface area contributed by atoms with Crippen LogP contribution in [0.1, 0.15) is 43.9 Å². The van der Waals surface area contributed by atoms with Gasteiger partial charge in [0.05, 0.1) is 5.69 Å². The van der Waals surface area contributed by atoms with Gasteiger partial charge < -0.3 is 0 Å². The van der Waals surface area contributed by atoms with Crippen molar-refractivity contribution in [1.29, 1.82) is 0 Å². The van der Waals surface area contributed by atoms with Crippen molar-refractivity contribution in [3.63, 3.8) is 0 Å². The van der Waals surface area contributed by atoms with Gasteiger partial charge >= 0.3 is 0 Å². The van der Waals surface area contributed by atoms with Gasteiger partial charge in [0.1, 0.15) is 0 Å². The monoisotopic (exact) mass is 198 g/mol. The molecule has 1 aromatic rings. The van der Waals surface area contributed by atoms with Crippen LogP contribution in [-0.2, 0) is 0 Å². The van der Waals surface area contributed by atoms with Gasteiger partial charge in [-0.15, -0.1) is 5.10 Å². The third kappa shape index (κ3) is 2.41. The normalized spacial score (nSPS) is 10.8. The Balaban J connectivity index is 3.03. The smallest absolute Gasteiger partial charge is 0.154 e. The number of hydrogen-bond donors (Lipinski definition) is 0. The van der Waals surface area contributed by atoms with E-state index >= 15 is 0 Å². The van der Waals surface area contributed by atoms with Crippen LogP contribution in [0.15, 0.2) is 6.07 Å². The van der Waals surface area contributed by atoms with Crippen molar-refractivity contribution in [2.45, 2.75) is 39.5 Å².